The highest BCUT2D eigenvalue weighted by molar-refractivity contribution is 9.10. The maximum absolute atomic E-state index is 5.92. The molecule has 3 nitrogen and oxygen atoms in total. The lowest BCUT2D eigenvalue weighted by Gasteiger charge is -2.07. The fraction of sp³-hybridized carbons (Fsp3) is 0.111. The molecule has 0 aliphatic carbocycles. The second-order valence-electron chi connectivity index (χ2n) is 2.85. The number of alkyl halides is 1. The van der Waals surface area contributed by atoms with Gasteiger partial charge in [-0.15, -0.1) is 21.8 Å². The summed E-state index contributed by atoms with van der Waals surface area (Å²) in [4.78, 5) is 0. The number of hydrogen-bond acceptors (Lipinski definition) is 2. The van der Waals surface area contributed by atoms with Gasteiger partial charge >= 0.3 is 0 Å². The largest absolute Gasteiger partial charge is 0.283 e. The topological polar surface area (TPSA) is 30.7 Å². The zero-order valence-corrected chi connectivity index (χ0v) is 10.6. The van der Waals surface area contributed by atoms with Gasteiger partial charge < -0.3 is 0 Å². The van der Waals surface area contributed by atoms with Crippen molar-refractivity contribution in [3.63, 3.8) is 0 Å². The minimum absolute atomic E-state index is 0.305. The van der Waals surface area contributed by atoms with Crippen LogP contribution in [0, 0.1) is 0 Å². The molecule has 2 aromatic rings. The Morgan fingerprint density at radius 2 is 2.20 bits per heavy atom. The van der Waals surface area contributed by atoms with E-state index in [2.05, 4.69) is 26.1 Å². The van der Waals surface area contributed by atoms with Crippen LogP contribution in [0.5, 0.6) is 0 Å². The molecule has 0 spiro atoms. The first-order valence-electron chi connectivity index (χ1n) is 4.12. The lowest BCUT2D eigenvalue weighted by Crippen LogP contribution is -1.98. The molecule has 1 aromatic carbocycles. The molecule has 0 saturated heterocycles. The third-order valence-corrected chi connectivity index (χ3v) is 3.05. The van der Waals surface area contributed by atoms with E-state index in [1.165, 1.54) is 0 Å². The highest BCUT2D eigenvalue weighted by Gasteiger charge is 2.08. The summed E-state index contributed by atoms with van der Waals surface area (Å²) < 4.78 is 2.71. The number of hydrogen-bond donors (Lipinski definition) is 0. The van der Waals surface area contributed by atoms with Crippen LogP contribution >= 0.6 is 39.1 Å². The van der Waals surface area contributed by atoms with Crippen molar-refractivity contribution < 1.29 is 0 Å². The van der Waals surface area contributed by atoms with Crippen LogP contribution in [0.4, 0.5) is 0 Å². The Morgan fingerprint density at radius 3 is 2.93 bits per heavy atom. The van der Waals surface area contributed by atoms with Gasteiger partial charge in [-0.25, -0.2) is 0 Å². The van der Waals surface area contributed by atoms with E-state index < -0.39 is 0 Å². The van der Waals surface area contributed by atoms with Gasteiger partial charge in [0.1, 0.15) is 6.33 Å². The van der Waals surface area contributed by atoms with Crippen LogP contribution in [0.15, 0.2) is 29.0 Å². The number of rotatable bonds is 2. The van der Waals surface area contributed by atoms with Crippen LogP contribution in [0.3, 0.4) is 0 Å². The SMILES string of the molecule is ClCc1nncn1-c1cc(Cl)ccc1Br. The van der Waals surface area contributed by atoms with Gasteiger partial charge in [-0.1, -0.05) is 11.6 Å². The highest BCUT2D eigenvalue weighted by atomic mass is 79.9. The molecule has 0 unspecified atom stereocenters. The maximum atomic E-state index is 5.92. The van der Waals surface area contributed by atoms with E-state index in [1.54, 1.807) is 17.0 Å². The van der Waals surface area contributed by atoms with E-state index in [0.717, 1.165) is 10.2 Å². The summed E-state index contributed by atoms with van der Waals surface area (Å²) in [5.74, 6) is 0.985. The molecule has 2 rings (SSSR count). The number of halogens is 3. The van der Waals surface area contributed by atoms with E-state index in [-0.39, 0.29) is 0 Å². The summed E-state index contributed by atoms with van der Waals surface area (Å²) in [6.07, 6.45) is 1.61. The Bertz CT molecular complexity index is 484. The summed E-state index contributed by atoms with van der Waals surface area (Å²) in [6.45, 7) is 0. The van der Waals surface area contributed by atoms with Crippen LogP contribution in [0.25, 0.3) is 5.69 Å². The number of aromatic nitrogens is 3. The van der Waals surface area contributed by atoms with Crippen molar-refractivity contribution in [2.24, 2.45) is 0 Å². The van der Waals surface area contributed by atoms with Gasteiger partial charge in [0.2, 0.25) is 0 Å². The van der Waals surface area contributed by atoms with Crippen molar-refractivity contribution in [1.29, 1.82) is 0 Å². The molecule has 0 atom stereocenters. The average Bonchev–Trinajstić information content (AvgIpc) is 2.69. The number of nitrogens with zero attached hydrogens (tertiary/aromatic N) is 3. The lowest BCUT2D eigenvalue weighted by atomic mass is 10.3. The zero-order chi connectivity index (χ0) is 10.8. The van der Waals surface area contributed by atoms with E-state index in [0.29, 0.717) is 16.7 Å². The van der Waals surface area contributed by atoms with E-state index in [1.807, 2.05) is 12.1 Å². The molecule has 0 amide bonds. The molecule has 0 fully saturated rings. The molecule has 0 aliphatic rings. The molecule has 1 aromatic heterocycles. The summed E-state index contributed by atoms with van der Waals surface area (Å²) >= 11 is 15.1. The Kier molecular flexibility index (Phi) is 3.29. The van der Waals surface area contributed by atoms with Gasteiger partial charge in [-0.3, -0.25) is 4.57 Å². The van der Waals surface area contributed by atoms with E-state index in [4.69, 9.17) is 23.2 Å². The van der Waals surface area contributed by atoms with Crippen molar-refractivity contribution in [2.75, 3.05) is 0 Å². The second kappa shape index (κ2) is 4.51. The molecular weight excluding hydrogens is 301 g/mol. The van der Waals surface area contributed by atoms with Gasteiger partial charge in [-0.2, -0.15) is 0 Å². The Hall–Kier alpha value is -0.580. The molecule has 6 heteroatoms. The maximum Gasteiger partial charge on any atom is 0.152 e. The molecule has 1 heterocycles. The number of benzene rings is 1. The smallest absolute Gasteiger partial charge is 0.152 e. The zero-order valence-electron chi connectivity index (χ0n) is 7.49. The van der Waals surface area contributed by atoms with Crippen LogP contribution in [-0.4, -0.2) is 14.8 Å². The summed E-state index contributed by atoms with van der Waals surface area (Å²) in [7, 11) is 0. The van der Waals surface area contributed by atoms with Gasteiger partial charge in [0.15, 0.2) is 5.82 Å². The van der Waals surface area contributed by atoms with Crippen LogP contribution < -0.4 is 0 Å². The summed E-state index contributed by atoms with van der Waals surface area (Å²) in [5, 5.41) is 8.36. The molecule has 0 N–H and O–H groups in total. The van der Waals surface area contributed by atoms with Crippen LogP contribution in [0.1, 0.15) is 5.82 Å². The third kappa shape index (κ3) is 2.17. The van der Waals surface area contributed by atoms with Crippen LogP contribution in [-0.2, 0) is 5.88 Å². The first-order valence-corrected chi connectivity index (χ1v) is 5.83. The van der Waals surface area contributed by atoms with E-state index in [9.17, 15) is 0 Å². The predicted octanol–water partition coefficient (Wildman–Crippen LogP) is 3.42. The molecule has 78 valence electrons. The quantitative estimate of drug-likeness (QED) is 0.796. The lowest BCUT2D eigenvalue weighted by molar-refractivity contribution is 0.947. The van der Waals surface area contributed by atoms with Gasteiger partial charge in [-0.05, 0) is 34.1 Å². The van der Waals surface area contributed by atoms with Crippen LogP contribution in [0.2, 0.25) is 5.02 Å². The molecule has 0 radical (unpaired) electrons. The Balaban J connectivity index is 2.58. The molecule has 0 saturated carbocycles. The molecule has 0 bridgehead atoms. The Labute approximate surface area is 105 Å². The van der Waals surface area contributed by atoms with Gasteiger partial charge in [0.05, 0.1) is 11.6 Å². The van der Waals surface area contributed by atoms with Crippen molar-refractivity contribution in [3.05, 3.63) is 39.8 Å². The van der Waals surface area contributed by atoms with Crippen molar-refractivity contribution >= 4 is 39.1 Å². The van der Waals surface area contributed by atoms with Gasteiger partial charge in [0.25, 0.3) is 0 Å². The molecule has 15 heavy (non-hydrogen) atoms. The minimum atomic E-state index is 0.305. The van der Waals surface area contributed by atoms with Gasteiger partial charge in [0, 0.05) is 9.50 Å². The average molecular weight is 307 g/mol. The summed E-state index contributed by atoms with van der Waals surface area (Å²) in [6, 6.07) is 5.50. The monoisotopic (exact) mass is 305 g/mol. The molecule has 0 aliphatic heterocycles. The van der Waals surface area contributed by atoms with Crippen molar-refractivity contribution in [1.82, 2.24) is 14.8 Å². The van der Waals surface area contributed by atoms with E-state index >= 15 is 0 Å². The van der Waals surface area contributed by atoms with Crippen molar-refractivity contribution in [3.8, 4) is 5.69 Å². The van der Waals surface area contributed by atoms with Crippen molar-refractivity contribution in [2.45, 2.75) is 5.88 Å². The Morgan fingerprint density at radius 1 is 1.40 bits per heavy atom. The second-order valence-corrected chi connectivity index (χ2v) is 4.40. The summed E-state index contributed by atoms with van der Waals surface area (Å²) in [5.41, 5.74) is 0.878. The fourth-order valence-electron chi connectivity index (χ4n) is 1.22. The normalized spacial score (nSPS) is 10.6. The minimum Gasteiger partial charge on any atom is -0.283 e. The molecular formula is C9H6BrCl2N3. The first kappa shape index (κ1) is 10.9. The fourth-order valence-corrected chi connectivity index (χ4v) is 2.01. The highest BCUT2D eigenvalue weighted by Crippen LogP contribution is 2.25. The predicted molar refractivity (Wildman–Crippen MR) is 63.6 cm³/mol. The standard InChI is InChI=1S/C9H6BrCl2N3/c10-7-2-1-6(12)3-8(7)15-5-13-14-9(15)4-11/h1-3,5H,4H2. The third-order valence-electron chi connectivity index (χ3n) is 1.91. The first-order chi connectivity index (χ1) is 7.22.